The largest absolute Gasteiger partial charge is 0.480 e. The molecule has 0 aliphatic carbocycles. The molecule has 1 N–H and O–H groups in total. The predicted molar refractivity (Wildman–Crippen MR) is 105 cm³/mol. The van der Waals surface area contributed by atoms with Crippen molar-refractivity contribution in [3.05, 3.63) is 51.4 Å². The van der Waals surface area contributed by atoms with E-state index >= 15 is 0 Å². The molecule has 0 amide bonds. The lowest BCUT2D eigenvalue weighted by atomic mass is 9.99. The zero-order valence-corrected chi connectivity index (χ0v) is 16.3. The molecule has 0 aliphatic heterocycles. The van der Waals surface area contributed by atoms with Crippen LogP contribution < -0.4 is 5.56 Å². The van der Waals surface area contributed by atoms with E-state index in [1.807, 2.05) is 17.5 Å². The van der Waals surface area contributed by atoms with Gasteiger partial charge in [-0.25, -0.2) is 9.78 Å². The van der Waals surface area contributed by atoms with Gasteiger partial charge < -0.3 is 5.11 Å². The van der Waals surface area contributed by atoms with Crippen LogP contribution in [0, 0.1) is 6.92 Å². The lowest BCUT2D eigenvalue weighted by Crippen LogP contribution is -2.44. The first-order valence-corrected chi connectivity index (χ1v) is 9.37. The number of rotatable bonds is 4. The van der Waals surface area contributed by atoms with Gasteiger partial charge in [-0.1, -0.05) is 38.1 Å². The topological polar surface area (TPSA) is 72.2 Å². The number of thiophene rings is 1. The molecule has 2 aromatic heterocycles. The van der Waals surface area contributed by atoms with Crippen LogP contribution in [-0.2, 0) is 10.3 Å². The van der Waals surface area contributed by atoms with Gasteiger partial charge >= 0.3 is 5.97 Å². The van der Waals surface area contributed by atoms with Crippen molar-refractivity contribution in [3.8, 4) is 11.1 Å². The molecule has 26 heavy (non-hydrogen) atoms. The Hall–Kier alpha value is -2.47. The smallest absolute Gasteiger partial charge is 0.329 e. The Bertz CT molecular complexity index is 1040. The van der Waals surface area contributed by atoms with Gasteiger partial charge in [-0.15, -0.1) is 11.3 Å². The van der Waals surface area contributed by atoms with Gasteiger partial charge in [0.15, 0.2) is 0 Å². The Labute approximate surface area is 155 Å². The summed E-state index contributed by atoms with van der Waals surface area (Å²) in [6.07, 6.45) is 0. The van der Waals surface area contributed by atoms with Gasteiger partial charge in [-0.3, -0.25) is 9.36 Å². The summed E-state index contributed by atoms with van der Waals surface area (Å²) in [4.78, 5) is 30.0. The summed E-state index contributed by atoms with van der Waals surface area (Å²) in [5.74, 6) is -0.235. The zero-order valence-electron chi connectivity index (χ0n) is 15.5. The zero-order chi connectivity index (χ0) is 19.2. The monoisotopic (exact) mass is 370 g/mol. The number of hydrogen-bond donors (Lipinski definition) is 1. The van der Waals surface area contributed by atoms with Crippen molar-refractivity contribution in [2.24, 2.45) is 0 Å². The third kappa shape index (κ3) is 2.84. The first-order valence-electron chi connectivity index (χ1n) is 8.49. The van der Waals surface area contributed by atoms with Crippen molar-refractivity contribution in [1.82, 2.24) is 9.55 Å². The van der Waals surface area contributed by atoms with Gasteiger partial charge in [-0.2, -0.15) is 0 Å². The lowest BCUT2D eigenvalue weighted by molar-refractivity contribution is -0.145. The molecule has 5 nitrogen and oxygen atoms in total. The Morgan fingerprint density at radius 1 is 1.23 bits per heavy atom. The number of nitrogens with zero attached hydrogens (tertiary/aromatic N) is 2. The van der Waals surface area contributed by atoms with E-state index in [0.29, 0.717) is 22.0 Å². The number of fused-ring (bicyclic) bond motifs is 1. The summed E-state index contributed by atoms with van der Waals surface area (Å²) < 4.78 is 1.27. The average molecular weight is 370 g/mol. The molecule has 0 radical (unpaired) electrons. The van der Waals surface area contributed by atoms with E-state index in [2.05, 4.69) is 31.0 Å². The first-order chi connectivity index (χ1) is 12.1. The highest BCUT2D eigenvalue weighted by atomic mass is 32.1. The maximum atomic E-state index is 13.2. The fourth-order valence-corrected chi connectivity index (χ4v) is 4.09. The van der Waals surface area contributed by atoms with Crippen LogP contribution in [0.25, 0.3) is 21.3 Å². The van der Waals surface area contributed by atoms with Gasteiger partial charge in [0.1, 0.15) is 16.2 Å². The van der Waals surface area contributed by atoms with Gasteiger partial charge in [0, 0.05) is 10.9 Å². The molecule has 3 aromatic rings. The molecule has 1 aromatic carbocycles. The first kappa shape index (κ1) is 18.3. The van der Waals surface area contributed by atoms with Crippen LogP contribution >= 0.6 is 11.3 Å². The van der Waals surface area contributed by atoms with Gasteiger partial charge in [-0.05, 0) is 37.8 Å². The minimum atomic E-state index is -1.37. The molecule has 0 atom stereocenters. The van der Waals surface area contributed by atoms with Crippen LogP contribution in [0.1, 0.15) is 45.0 Å². The third-order valence-corrected chi connectivity index (χ3v) is 5.62. The second-order valence-electron chi connectivity index (χ2n) is 7.27. The van der Waals surface area contributed by atoms with Crippen LogP contribution in [0.5, 0.6) is 0 Å². The van der Waals surface area contributed by atoms with Gasteiger partial charge in [0.25, 0.3) is 5.56 Å². The molecule has 136 valence electrons. The Balaban J connectivity index is 2.27. The van der Waals surface area contributed by atoms with Crippen LogP contribution in [0.4, 0.5) is 0 Å². The molecule has 0 saturated heterocycles. The number of benzene rings is 1. The maximum Gasteiger partial charge on any atom is 0.329 e. The van der Waals surface area contributed by atoms with Crippen molar-refractivity contribution in [2.75, 3.05) is 0 Å². The van der Waals surface area contributed by atoms with Crippen LogP contribution in [0.15, 0.2) is 34.4 Å². The van der Waals surface area contributed by atoms with E-state index in [1.165, 1.54) is 35.3 Å². The number of aromatic nitrogens is 2. The molecule has 0 aliphatic rings. The summed E-state index contributed by atoms with van der Waals surface area (Å²) in [6, 6.07) is 8.13. The Kier molecular flexibility index (Phi) is 4.48. The predicted octanol–water partition coefficient (Wildman–Crippen LogP) is 4.38. The van der Waals surface area contributed by atoms with E-state index in [9.17, 15) is 14.7 Å². The number of carbonyl (C=O) groups is 1. The summed E-state index contributed by atoms with van der Waals surface area (Å²) in [5, 5.41) is 11.9. The number of hydrogen-bond acceptors (Lipinski definition) is 4. The molecule has 0 fully saturated rings. The van der Waals surface area contributed by atoms with Crippen molar-refractivity contribution in [1.29, 1.82) is 0 Å². The van der Waals surface area contributed by atoms with Gasteiger partial charge in [0.2, 0.25) is 0 Å². The highest BCUT2D eigenvalue weighted by Gasteiger charge is 2.33. The highest BCUT2D eigenvalue weighted by molar-refractivity contribution is 7.17. The number of aliphatic carboxylic acids is 1. The van der Waals surface area contributed by atoms with E-state index < -0.39 is 11.5 Å². The molecule has 0 unspecified atom stereocenters. The van der Waals surface area contributed by atoms with Crippen molar-refractivity contribution >= 4 is 27.5 Å². The standard InChI is InChI=1S/C20H22N2O3S/c1-11(2)13-6-8-14(9-7-13)15-10-26-17-16(15)18(23)22(12(3)21-17)20(4,5)19(24)25/h6-11H,1-5H3,(H,24,25). The summed E-state index contributed by atoms with van der Waals surface area (Å²) in [6.45, 7) is 8.96. The van der Waals surface area contributed by atoms with E-state index in [4.69, 9.17) is 0 Å². The molecular formula is C20H22N2O3S. The van der Waals surface area contributed by atoms with Crippen molar-refractivity contribution in [3.63, 3.8) is 0 Å². The molecule has 0 spiro atoms. The fourth-order valence-electron chi connectivity index (χ4n) is 3.11. The maximum absolute atomic E-state index is 13.2. The Morgan fingerprint density at radius 3 is 2.38 bits per heavy atom. The second-order valence-corrected chi connectivity index (χ2v) is 8.13. The minimum Gasteiger partial charge on any atom is -0.480 e. The second kappa shape index (κ2) is 6.36. The average Bonchev–Trinajstić information content (AvgIpc) is 2.98. The summed E-state index contributed by atoms with van der Waals surface area (Å²) in [7, 11) is 0. The number of carboxylic acid groups (broad SMARTS) is 1. The SMILES string of the molecule is Cc1nc2scc(-c3ccc(C(C)C)cc3)c2c(=O)n1C(C)(C)C(=O)O. The molecule has 0 bridgehead atoms. The third-order valence-electron chi connectivity index (χ3n) is 4.75. The van der Waals surface area contributed by atoms with Crippen LogP contribution in [-0.4, -0.2) is 20.6 Å². The number of aryl methyl sites for hydroxylation is 1. The number of carboxylic acids is 1. The van der Waals surface area contributed by atoms with Gasteiger partial charge in [0.05, 0.1) is 5.39 Å². The van der Waals surface area contributed by atoms with E-state index in [-0.39, 0.29) is 5.56 Å². The quantitative estimate of drug-likeness (QED) is 0.740. The van der Waals surface area contributed by atoms with E-state index in [1.54, 1.807) is 6.92 Å². The summed E-state index contributed by atoms with van der Waals surface area (Å²) in [5.41, 5.74) is 1.27. The summed E-state index contributed by atoms with van der Waals surface area (Å²) >= 11 is 1.40. The van der Waals surface area contributed by atoms with Crippen molar-refractivity contribution in [2.45, 2.75) is 46.1 Å². The van der Waals surface area contributed by atoms with Crippen LogP contribution in [0.3, 0.4) is 0 Å². The molecule has 2 heterocycles. The molecular weight excluding hydrogens is 348 g/mol. The lowest BCUT2D eigenvalue weighted by Gasteiger charge is -2.24. The normalized spacial score (nSPS) is 12.1. The highest BCUT2D eigenvalue weighted by Crippen LogP contribution is 2.32. The van der Waals surface area contributed by atoms with Crippen LogP contribution in [0.2, 0.25) is 0 Å². The molecule has 3 rings (SSSR count). The molecule has 6 heteroatoms. The minimum absolute atomic E-state index is 0.316. The molecule has 0 saturated carbocycles. The van der Waals surface area contributed by atoms with E-state index in [0.717, 1.165) is 11.1 Å². The van der Waals surface area contributed by atoms with Crippen molar-refractivity contribution < 1.29 is 9.90 Å². The fraction of sp³-hybridized carbons (Fsp3) is 0.350. The Morgan fingerprint density at radius 2 is 1.85 bits per heavy atom.